The topological polar surface area (TPSA) is 71.0 Å². The minimum Gasteiger partial charge on any atom is -0.494 e. The van der Waals surface area contributed by atoms with E-state index in [1.54, 1.807) is 26.3 Å². The van der Waals surface area contributed by atoms with Crippen molar-refractivity contribution in [3.8, 4) is 5.75 Å². The molecule has 0 spiro atoms. The minimum absolute atomic E-state index is 0.130. The largest absolute Gasteiger partial charge is 0.494 e. The molecule has 1 saturated heterocycles. The molecule has 2 aromatic rings. The molecule has 134 valence electrons. The predicted octanol–water partition coefficient (Wildman–Crippen LogP) is 3.29. The van der Waals surface area contributed by atoms with Crippen LogP contribution in [0, 0.1) is 0 Å². The normalized spacial score (nSPS) is 18.7. The number of amidine groups is 1. The number of benzene rings is 2. The van der Waals surface area contributed by atoms with Gasteiger partial charge in [-0.25, -0.2) is 4.99 Å². The lowest BCUT2D eigenvalue weighted by atomic mass is 10.2. The molecule has 0 aromatic heterocycles. The van der Waals surface area contributed by atoms with Crippen molar-refractivity contribution in [2.45, 2.75) is 11.7 Å². The Morgan fingerprint density at radius 1 is 1.19 bits per heavy atom. The summed E-state index contributed by atoms with van der Waals surface area (Å²) in [6.07, 6.45) is 0.130. The first-order valence-corrected chi connectivity index (χ1v) is 8.97. The van der Waals surface area contributed by atoms with Gasteiger partial charge in [0.15, 0.2) is 5.17 Å². The molecule has 1 aliphatic rings. The van der Waals surface area contributed by atoms with Gasteiger partial charge in [0.1, 0.15) is 16.7 Å². The summed E-state index contributed by atoms with van der Waals surface area (Å²) in [7, 11) is 3.23. The molecule has 1 atom stereocenters. The number of nitrogens with zero attached hydrogens (tertiary/aromatic N) is 2. The van der Waals surface area contributed by atoms with Crippen LogP contribution in [0.4, 0.5) is 11.4 Å². The Labute approximate surface area is 156 Å². The number of carbonyl (C=O) groups is 2. The predicted molar refractivity (Wildman–Crippen MR) is 104 cm³/mol. The summed E-state index contributed by atoms with van der Waals surface area (Å²) in [5.41, 5.74) is 1.31. The van der Waals surface area contributed by atoms with Crippen molar-refractivity contribution in [2.75, 3.05) is 19.5 Å². The molecule has 1 aliphatic heterocycles. The zero-order valence-corrected chi connectivity index (χ0v) is 15.3. The molecule has 0 bridgehead atoms. The van der Waals surface area contributed by atoms with E-state index in [2.05, 4.69) is 10.3 Å². The van der Waals surface area contributed by atoms with Crippen LogP contribution in [-0.2, 0) is 9.59 Å². The highest BCUT2D eigenvalue weighted by molar-refractivity contribution is 8.15. The van der Waals surface area contributed by atoms with Gasteiger partial charge in [-0.1, -0.05) is 42.1 Å². The van der Waals surface area contributed by atoms with Crippen LogP contribution in [0.3, 0.4) is 0 Å². The van der Waals surface area contributed by atoms with E-state index in [9.17, 15) is 9.59 Å². The lowest BCUT2D eigenvalue weighted by molar-refractivity contribution is -0.128. The fraction of sp³-hybridized carbons (Fsp3) is 0.211. The summed E-state index contributed by atoms with van der Waals surface area (Å²) in [5.74, 6) is 0.248. The van der Waals surface area contributed by atoms with Crippen molar-refractivity contribution in [1.82, 2.24) is 4.90 Å². The van der Waals surface area contributed by atoms with Crippen LogP contribution in [0.1, 0.15) is 6.42 Å². The average Bonchev–Trinajstić information content (AvgIpc) is 2.66. The summed E-state index contributed by atoms with van der Waals surface area (Å²) in [6, 6.07) is 16.5. The number of anilines is 1. The molecule has 0 saturated carbocycles. The second kappa shape index (κ2) is 8.05. The monoisotopic (exact) mass is 369 g/mol. The van der Waals surface area contributed by atoms with Crippen molar-refractivity contribution >= 4 is 40.1 Å². The van der Waals surface area contributed by atoms with Gasteiger partial charge in [0.25, 0.3) is 0 Å². The molecule has 26 heavy (non-hydrogen) atoms. The van der Waals surface area contributed by atoms with E-state index in [4.69, 9.17) is 4.74 Å². The quantitative estimate of drug-likeness (QED) is 0.898. The number of hydrogen-bond acceptors (Lipinski definition) is 5. The Hall–Kier alpha value is -2.80. The second-order valence-electron chi connectivity index (χ2n) is 5.68. The number of methoxy groups -OCH3 is 1. The van der Waals surface area contributed by atoms with Crippen molar-refractivity contribution in [3.63, 3.8) is 0 Å². The highest BCUT2D eigenvalue weighted by Gasteiger charge is 2.34. The summed E-state index contributed by atoms with van der Waals surface area (Å²) in [5, 5.41) is 2.78. The molecule has 7 heteroatoms. The van der Waals surface area contributed by atoms with Crippen LogP contribution in [0.15, 0.2) is 59.6 Å². The number of amides is 2. The first kappa shape index (κ1) is 18.0. The van der Waals surface area contributed by atoms with Crippen LogP contribution in [0.5, 0.6) is 5.75 Å². The molecule has 0 aliphatic carbocycles. The maximum Gasteiger partial charge on any atom is 0.238 e. The van der Waals surface area contributed by atoms with E-state index in [0.717, 1.165) is 0 Å². The fourth-order valence-corrected chi connectivity index (χ4v) is 3.52. The van der Waals surface area contributed by atoms with E-state index in [0.29, 0.717) is 22.3 Å². The van der Waals surface area contributed by atoms with Crippen LogP contribution < -0.4 is 10.1 Å². The number of rotatable bonds is 4. The van der Waals surface area contributed by atoms with Gasteiger partial charge in [0.05, 0.1) is 7.11 Å². The molecule has 2 aromatic carbocycles. The average molecular weight is 369 g/mol. The molecule has 6 nitrogen and oxygen atoms in total. The molecule has 1 N–H and O–H groups in total. The van der Waals surface area contributed by atoms with Gasteiger partial charge in [-0.3, -0.25) is 14.5 Å². The Morgan fingerprint density at radius 2 is 1.88 bits per heavy atom. The van der Waals surface area contributed by atoms with Gasteiger partial charge < -0.3 is 10.1 Å². The lowest BCUT2D eigenvalue weighted by Crippen LogP contribution is -2.43. The number of nitrogens with one attached hydrogen (secondary N) is 1. The summed E-state index contributed by atoms with van der Waals surface area (Å²) in [6.45, 7) is 0. The molecule has 1 heterocycles. The van der Waals surface area contributed by atoms with Gasteiger partial charge in [0, 0.05) is 19.2 Å². The smallest absolute Gasteiger partial charge is 0.238 e. The Bertz CT molecular complexity index is 839. The van der Waals surface area contributed by atoms with Crippen molar-refractivity contribution in [3.05, 3.63) is 54.6 Å². The van der Waals surface area contributed by atoms with Gasteiger partial charge in [-0.15, -0.1) is 0 Å². The first-order chi connectivity index (χ1) is 12.6. The third kappa shape index (κ3) is 4.05. The Kier molecular flexibility index (Phi) is 5.58. The highest BCUT2D eigenvalue weighted by Crippen LogP contribution is 2.32. The van der Waals surface area contributed by atoms with E-state index >= 15 is 0 Å². The van der Waals surface area contributed by atoms with Gasteiger partial charge >= 0.3 is 0 Å². The summed E-state index contributed by atoms with van der Waals surface area (Å²) >= 11 is 1.27. The van der Waals surface area contributed by atoms with E-state index < -0.39 is 5.25 Å². The first-order valence-electron chi connectivity index (χ1n) is 8.09. The van der Waals surface area contributed by atoms with Crippen molar-refractivity contribution < 1.29 is 14.3 Å². The maximum atomic E-state index is 12.6. The zero-order chi connectivity index (χ0) is 18.5. The van der Waals surface area contributed by atoms with Crippen molar-refractivity contribution in [2.24, 2.45) is 4.99 Å². The molecule has 1 fully saturated rings. The van der Waals surface area contributed by atoms with Crippen LogP contribution in [0.2, 0.25) is 0 Å². The molecule has 0 radical (unpaired) electrons. The second-order valence-corrected chi connectivity index (χ2v) is 6.85. The van der Waals surface area contributed by atoms with E-state index in [-0.39, 0.29) is 18.2 Å². The number of hydrogen-bond donors (Lipinski definition) is 1. The number of thioether (sulfide) groups is 1. The van der Waals surface area contributed by atoms with Crippen LogP contribution in [0.25, 0.3) is 0 Å². The van der Waals surface area contributed by atoms with E-state index in [1.807, 2.05) is 42.5 Å². The molecule has 2 amide bonds. The highest BCUT2D eigenvalue weighted by atomic mass is 32.2. The third-order valence-electron chi connectivity index (χ3n) is 3.90. The number of para-hydroxylation sites is 3. The molecular formula is C19H19N3O3S. The maximum absolute atomic E-state index is 12.6. The van der Waals surface area contributed by atoms with E-state index in [1.165, 1.54) is 16.7 Å². The standard InChI is InChI=1S/C19H19N3O3S/c1-22-17(23)12-16(18(24)20-13-8-4-3-5-9-13)26-19(22)21-14-10-6-7-11-15(14)25-2/h3-11,16H,12H2,1-2H3,(H,20,24)/t16-/m1/s1. The number of carbonyl (C=O) groups excluding carboxylic acids is 2. The lowest BCUT2D eigenvalue weighted by Gasteiger charge is -2.29. The van der Waals surface area contributed by atoms with Crippen molar-refractivity contribution in [1.29, 1.82) is 0 Å². The Balaban J connectivity index is 1.81. The summed E-state index contributed by atoms with van der Waals surface area (Å²) in [4.78, 5) is 30.9. The summed E-state index contributed by atoms with van der Waals surface area (Å²) < 4.78 is 5.30. The molecular weight excluding hydrogens is 350 g/mol. The van der Waals surface area contributed by atoms with Crippen LogP contribution in [-0.4, -0.2) is 41.3 Å². The Morgan fingerprint density at radius 3 is 2.62 bits per heavy atom. The molecule has 0 unspecified atom stereocenters. The number of aliphatic imine (C=N–C) groups is 1. The minimum atomic E-state index is -0.535. The number of ether oxygens (including phenoxy) is 1. The van der Waals surface area contributed by atoms with Crippen LogP contribution >= 0.6 is 11.8 Å². The zero-order valence-electron chi connectivity index (χ0n) is 14.5. The van der Waals surface area contributed by atoms with Gasteiger partial charge in [0.2, 0.25) is 11.8 Å². The van der Waals surface area contributed by atoms with Gasteiger partial charge in [-0.05, 0) is 24.3 Å². The SMILES string of the molecule is COc1ccccc1N=C1S[C@@H](C(=O)Nc2ccccc2)CC(=O)N1C. The fourth-order valence-electron chi connectivity index (χ4n) is 2.47. The molecule has 3 rings (SSSR count). The van der Waals surface area contributed by atoms with Gasteiger partial charge in [-0.2, -0.15) is 0 Å². The third-order valence-corrected chi connectivity index (χ3v) is 5.14.